The Morgan fingerprint density at radius 2 is 1.94 bits per heavy atom. The van der Waals surface area contributed by atoms with Crippen molar-refractivity contribution >= 4 is 11.8 Å². The molecule has 0 saturated heterocycles. The van der Waals surface area contributed by atoms with Crippen molar-refractivity contribution in [3.63, 3.8) is 0 Å². The van der Waals surface area contributed by atoms with Gasteiger partial charge in [0.2, 0.25) is 0 Å². The van der Waals surface area contributed by atoms with Crippen LogP contribution in [0.4, 0.5) is 0 Å². The van der Waals surface area contributed by atoms with Crippen LogP contribution in [-0.2, 0) is 0 Å². The molecule has 0 spiro atoms. The van der Waals surface area contributed by atoms with Crippen LogP contribution in [0, 0.1) is 0 Å². The summed E-state index contributed by atoms with van der Waals surface area (Å²) in [4.78, 5) is 8.09. The first-order valence-corrected chi connectivity index (χ1v) is 5.56. The quantitative estimate of drug-likeness (QED) is 0.656. The van der Waals surface area contributed by atoms with Crippen molar-refractivity contribution in [2.75, 3.05) is 0 Å². The Kier molecular flexibility index (Phi) is 2.59. The maximum absolute atomic E-state index is 5.40. The molecule has 6 nitrogen and oxygen atoms in total. The topological polar surface area (TPSA) is 77.8 Å². The Balaban J connectivity index is 1.82. The summed E-state index contributed by atoms with van der Waals surface area (Å²) in [7, 11) is 0. The van der Waals surface area contributed by atoms with Gasteiger partial charge in [-0.15, -0.1) is 10.2 Å². The maximum Gasteiger partial charge on any atom is 0.284 e. The van der Waals surface area contributed by atoms with Crippen molar-refractivity contribution in [3.05, 3.63) is 36.9 Å². The molecule has 3 aromatic heterocycles. The van der Waals surface area contributed by atoms with Gasteiger partial charge in [0.1, 0.15) is 0 Å². The van der Waals surface area contributed by atoms with Crippen LogP contribution >= 0.6 is 11.8 Å². The molecule has 0 bridgehead atoms. The van der Waals surface area contributed by atoms with Crippen LogP contribution in [0.2, 0.25) is 0 Å². The van der Waals surface area contributed by atoms with Crippen molar-refractivity contribution in [1.82, 2.24) is 20.2 Å². The molecule has 3 aromatic rings. The predicted octanol–water partition coefficient (Wildman–Crippen LogP) is 2.27. The number of hydrogen-bond acceptors (Lipinski definition) is 7. The number of aromatic nitrogens is 4. The largest absolute Gasteiger partial charge is 0.459 e. The highest BCUT2D eigenvalue weighted by Crippen LogP contribution is 2.26. The smallest absolute Gasteiger partial charge is 0.284 e. The van der Waals surface area contributed by atoms with E-state index in [0.717, 1.165) is 0 Å². The van der Waals surface area contributed by atoms with Gasteiger partial charge in [-0.1, -0.05) is 0 Å². The van der Waals surface area contributed by atoms with Gasteiger partial charge in [-0.2, -0.15) is 0 Å². The van der Waals surface area contributed by atoms with Gasteiger partial charge < -0.3 is 8.83 Å². The van der Waals surface area contributed by atoms with Crippen molar-refractivity contribution in [2.24, 2.45) is 0 Å². The molecule has 0 unspecified atom stereocenters. The average Bonchev–Trinajstić information content (AvgIpc) is 3.00. The monoisotopic (exact) mass is 246 g/mol. The molecule has 17 heavy (non-hydrogen) atoms. The predicted molar refractivity (Wildman–Crippen MR) is 58.2 cm³/mol. The van der Waals surface area contributed by atoms with E-state index >= 15 is 0 Å². The highest BCUT2D eigenvalue weighted by molar-refractivity contribution is 7.98. The van der Waals surface area contributed by atoms with Crippen molar-refractivity contribution < 1.29 is 8.83 Å². The van der Waals surface area contributed by atoms with Crippen molar-refractivity contribution in [1.29, 1.82) is 0 Å². The minimum Gasteiger partial charge on any atom is -0.459 e. The lowest BCUT2D eigenvalue weighted by Crippen LogP contribution is -1.82. The minimum absolute atomic E-state index is 0.341. The van der Waals surface area contributed by atoms with E-state index in [1.54, 1.807) is 36.9 Å². The second-order valence-corrected chi connectivity index (χ2v) is 3.90. The summed E-state index contributed by atoms with van der Waals surface area (Å²) in [5.74, 6) is 0.881. The molecule has 0 N–H and O–H groups in total. The SMILES string of the molecule is c1cnc(Sc2nnc(-c3ccco3)o2)nc1. The first-order chi connectivity index (χ1) is 8.42. The molecule has 0 radical (unpaired) electrons. The van der Waals surface area contributed by atoms with Gasteiger partial charge in [-0.05, 0) is 18.2 Å². The summed E-state index contributed by atoms with van der Waals surface area (Å²) in [6, 6.07) is 5.25. The minimum atomic E-state index is 0.341. The van der Waals surface area contributed by atoms with E-state index in [4.69, 9.17) is 8.83 Å². The zero-order valence-electron chi connectivity index (χ0n) is 8.48. The Morgan fingerprint density at radius 3 is 2.71 bits per heavy atom. The average molecular weight is 246 g/mol. The summed E-state index contributed by atoms with van der Waals surface area (Å²) in [6.45, 7) is 0. The Morgan fingerprint density at radius 1 is 1.06 bits per heavy atom. The lowest BCUT2D eigenvalue weighted by Gasteiger charge is -1.91. The highest BCUT2D eigenvalue weighted by atomic mass is 32.2. The van der Waals surface area contributed by atoms with Crippen LogP contribution in [0.25, 0.3) is 11.7 Å². The summed E-state index contributed by atoms with van der Waals surface area (Å²) in [5, 5.41) is 8.68. The number of rotatable bonds is 3. The van der Waals surface area contributed by atoms with E-state index in [2.05, 4.69) is 20.2 Å². The molecule has 3 heterocycles. The van der Waals surface area contributed by atoms with Crippen molar-refractivity contribution in [3.8, 4) is 11.7 Å². The van der Waals surface area contributed by atoms with E-state index in [9.17, 15) is 0 Å². The number of furan rings is 1. The lowest BCUT2D eigenvalue weighted by atomic mass is 10.5. The fraction of sp³-hybridized carbons (Fsp3) is 0. The molecular formula is C10H6N4O2S. The molecule has 0 aliphatic carbocycles. The van der Waals surface area contributed by atoms with Crippen LogP contribution in [0.3, 0.4) is 0 Å². The molecule has 3 rings (SSSR count). The molecule has 0 aliphatic heterocycles. The summed E-state index contributed by atoms with van der Waals surface area (Å²) in [6.07, 6.45) is 4.85. The highest BCUT2D eigenvalue weighted by Gasteiger charge is 2.12. The van der Waals surface area contributed by atoms with E-state index in [1.807, 2.05) is 0 Å². The zero-order chi connectivity index (χ0) is 11.5. The Bertz CT molecular complexity index is 594. The van der Waals surface area contributed by atoms with Gasteiger partial charge in [-0.25, -0.2) is 9.97 Å². The third-order valence-electron chi connectivity index (χ3n) is 1.86. The zero-order valence-corrected chi connectivity index (χ0v) is 9.29. The lowest BCUT2D eigenvalue weighted by molar-refractivity contribution is 0.447. The summed E-state index contributed by atoms with van der Waals surface area (Å²) < 4.78 is 10.5. The van der Waals surface area contributed by atoms with Crippen LogP contribution in [0.15, 0.2) is 56.1 Å². The normalized spacial score (nSPS) is 10.6. The van der Waals surface area contributed by atoms with Crippen LogP contribution in [-0.4, -0.2) is 20.2 Å². The number of hydrogen-bond donors (Lipinski definition) is 0. The van der Waals surface area contributed by atoms with Crippen LogP contribution < -0.4 is 0 Å². The molecule has 7 heteroatoms. The van der Waals surface area contributed by atoms with Gasteiger partial charge in [0.15, 0.2) is 10.9 Å². The fourth-order valence-corrected chi connectivity index (χ4v) is 1.75. The molecule has 0 aliphatic rings. The summed E-state index contributed by atoms with van der Waals surface area (Å²) >= 11 is 1.20. The third kappa shape index (κ3) is 2.18. The Labute approximate surface area is 100 Å². The third-order valence-corrected chi connectivity index (χ3v) is 2.59. The number of nitrogens with zero attached hydrogens (tertiary/aromatic N) is 4. The van der Waals surface area contributed by atoms with Gasteiger partial charge in [0, 0.05) is 24.2 Å². The molecular weight excluding hydrogens is 240 g/mol. The van der Waals surface area contributed by atoms with E-state index in [-0.39, 0.29) is 0 Å². The first kappa shape index (κ1) is 10.0. The van der Waals surface area contributed by atoms with E-state index in [1.165, 1.54) is 11.8 Å². The van der Waals surface area contributed by atoms with Gasteiger partial charge in [-0.3, -0.25) is 0 Å². The second-order valence-electron chi connectivity index (χ2n) is 2.98. The summed E-state index contributed by atoms with van der Waals surface area (Å²) in [5.41, 5.74) is 0. The molecule has 0 aromatic carbocycles. The molecule has 0 fully saturated rings. The van der Waals surface area contributed by atoms with E-state index < -0.39 is 0 Å². The van der Waals surface area contributed by atoms with Gasteiger partial charge >= 0.3 is 0 Å². The van der Waals surface area contributed by atoms with Crippen molar-refractivity contribution in [2.45, 2.75) is 10.4 Å². The van der Waals surface area contributed by atoms with Gasteiger partial charge in [0.25, 0.3) is 11.1 Å². The van der Waals surface area contributed by atoms with Crippen LogP contribution in [0.5, 0.6) is 0 Å². The fourth-order valence-electron chi connectivity index (χ4n) is 1.17. The molecule has 0 atom stereocenters. The van der Waals surface area contributed by atoms with Crippen LogP contribution in [0.1, 0.15) is 0 Å². The maximum atomic E-state index is 5.40. The molecule has 0 amide bonds. The molecule has 84 valence electrons. The van der Waals surface area contributed by atoms with Gasteiger partial charge in [0.05, 0.1) is 6.26 Å². The second kappa shape index (κ2) is 4.38. The first-order valence-electron chi connectivity index (χ1n) is 4.74. The van der Waals surface area contributed by atoms with E-state index in [0.29, 0.717) is 22.0 Å². The standard InChI is InChI=1S/C10H6N4O2S/c1-3-7(15-6-1)8-13-14-10(16-8)17-9-11-4-2-5-12-9/h1-6H. The Hall–Kier alpha value is -2.15. The molecule has 0 saturated carbocycles.